The summed E-state index contributed by atoms with van der Waals surface area (Å²) in [6.07, 6.45) is 0.435. The SMILES string of the molecule is CCC(N)C(Oc1ccc(Cl)c(F)c1)c1cccc(C)c1. The van der Waals surface area contributed by atoms with Gasteiger partial charge in [-0.25, -0.2) is 4.39 Å². The van der Waals surface area contributed by atoms with Gasteiger partial charge >= 0.3 is 0 Å². The van der Waals surface area contributed by atoms with E-state index in [4.69, 9.17) is 22.1 Å². The fraction of sp³-hybridized carbons (Fsp3) is 0.294. The number of aryl methyl sites for hydroxylation is 1. The van der Waals surface area contributed by atoms with E-state index in [1.165, 1.54) is 12.1 Å². The molecule has 2 aromatic carbocycles. The Kier molecular flexibility index (Phi) is 5.21. The molecule has 0 fully saturated rings. The maximum atomic E-state index is 13.5. The first-order valence-electron chi connectivity index (χ1n) is 6.95. The van der Waals surface area contributed by atoms with E-state index < -0.39 is 5.82 Å². The van der Waals surface area contributed by atoms with Gasteiger partial charge in [-0.1, -0.05) is 48.4 Å². The van der Waals surface area contributed by atoms with Gasteiger partial charge in [-0.15, -0.1) is 0 Å². The van der Waals surface area contributed by atoms with Crippen LogP contribution in [-0.2, 0) is 0 Å². The largest absolute Gasteiger partial charge is 0.484 e. The van der Waals surface area contributed by atoms with Gasteiger partial charge in [0.05, 0.1) is 5.02 Å². The summed E-state index contributed by atoms with van der Waals surface area (Å²) in [6, 6.07) is 12.2. The molecule has 21 heavy (non-hydrogen) atoms. The molecule has 2 nitrogen and oxygen atoms in total. The van der Waals surface area contributed by atoms with Crippen molar-refractivity contribution in [2.75, 3.05) is 0 Å². The first-order valence-corrected chi connectivity index (χ1v) is 7.33. The lowest BCUT2D eigenvalue weighted by molar-refractivity contribution is 0.170. The molecule has 0 amide bonds. The highest BCUT2D eigenvalue weighted by Gasteiger charge is 2.21. The van der Waals surface area contributed by atoms with Crippen LogP contribution in [0.3, 0.4) is 0 Å². The van der Waals surface area contributed by atoms with Gasteiger partial charge in [-0.2, -0.15) is 0 Å². The van der Waals surface area contributed by atoms with Crippen molar-refractivity contribution in [2.24, 2.45) is 5.73 Å². The van der Waals surface area contributed by atoms with E-state index in [0.29, 0.717) is 5.75 Å². The maximum Gasteiger partial charge on any atom is 0.145 e. The summed E-state index contributed by atoms with van der Waals surface area (Å²) < 4.78 is 19.5. The lowest BCUT2D eigenvalue weighted by atomic mass is 9.99. The topological polar surface area (TPSA) is 35.2 Å². The molecule has 2 atom stereocenters. The van der Waals surface area contributed by atoms with Crippen LogP contribution in [-0.4, -0.2) is 6.04 Å². The van der Waals surface area contributed by atoms with Crippen molar-refractivity contribution in [1.29, 1.82) is 0 Å². The summed E-state index contributed by atoms with van der Waals surface area (Å²) in [4.78, 5) is 0. The molecule has 0 aliphatic rings. The zero-order chi connectivity index (χ0) is 15.4. The molecule has 0 saturated carbocycles. The number of benzene rings is 2. The predicted octanol–water partition coefficient (Wildman–Crippen LogP) is 4.64. The van der Waals surface area contributed by atoms with E-state index in [2.05, 4.69) is 0 Å². The van der Waals surface area contributed by atoms with Crippen LogP contribution in [0.2, 0.25) is 5.02 Å². The van der Waals surface area contributed by atoms with Gasteiger partial charge in [0.1, 0.15) is 17.7 Å². The summed E-state index contributed by atoms with van der Waals surface area (Å²) >= 11 is 5.69. The fourth-order valence-electron chi connectivity index (χ4n) is 2.16. The second kappa shape index (κ2) is 6.92. The summed E-state index contributed by atoms with van der Waals surface area (Å²) in [5.41, 5.74) is 8.29. The van der Waals surface area contributed by atoms with E-state index in [-0.39, 0.29) is 17.2 Å². The number of halogens is 2. The van der Waals surface area contributed by atoms with Gasteiger partial charge < -0.3 is 10.5 Å². The summed E-state index contributed by atoms with van der Waals surface area (Å²) in [5, 5.41) is 0.0780. The minimum absolute atomic E-state index is 0.0780. The smallest absolute Gasteiger partial charge is 0.145 e. The van der Waals surface area contributed by atoms with Crippen molar-refractivity contribution in [2.45, 2.75) is 32.4 Å². The van der Waals surface area contributed by atoms with Gasteiger partial charge in [-0.05, 0) is 31.0 Å². The predicted molar refractivity (Wildman–Crippen MR) is 84.2 cm³/mol. The van der Waals surface area contributed by atoms with Crippen LogP contribution in [0.4, 0.5) is 4.39 Å². The van der Waals surface area contributed by atoms with E-state index >= 15 is 0 Å². The lowest BCUT2D eigenvalue weighted by Gasteiger charge is -2.25. The lowest BCUT2D eigenvalue weighted by Crippen LogP contribution is -2.31. The Morgan fingerprint density at radius 2 is 2.00 bits per heavy atom. The number of rotatable bonds is 5. The Labute approximate surface area is 129 Å². The molecule has 0 spiro atoms. The van der Waals surface area contributed by atoms with Crippen LogP contribution in [0.15, 0.2) is 42.5 Å². The average Bonchev–Trinajstić information content (AvgIpc) is 2.47. The van der Waals surface area contributed by atoms with Gasteiger partial charge in [-0.3, -0.25) is 0 Å². The third kappa shape index (κ3) is 3.96. The molecule has 0 bridgehead atoms. The maximum absolute atomic E-state index is 13.5. The number of ether oxygens (including phenoxy) is 1. The zero-order valence-corrected chi connectivity index (χ0v) is 12.9. The average molecular weight is 308 g/mol. The van der Waals surface area contributed by atoms with Crippen molar-refractivity contribution in [3.63, 3.8) is 0 Å². The molecule has 0 radical (unpaired) electrons. The van der Waals surface area contributed by atoms with Crippen molar-refractivity contribution >= 4 is 11.6 Å². The molecule has 0 aromatic heterocycles. The van der Waals surface area contributed by atoms with Gasteiger partial charge in [0.15, 0.2) is 0 Å². The quantitative estimate of drug-likeness (QED) is 0.873. The van der Waals surface area contributed by atoms with Crippen molar-refractivity contribution in [3.8, 4) is 5.75 Å². The van der Waals surface area contributed by atoms with Gasteiger partial charge in [0, 0.05) is 12.1 Å². The monoisotopic (exact) mass is 307 g/mol. The highest BCUT2D eigenvalue weighted by molar-refractivity contribution is 6.30. The first kappa shape index (κ1) is 15.8. The zero-order valence-electron chi connectivity index (χ0n) is 12.1. The minimum Gasteiger partial charge on any atom is -0.484 e. The Morgan fingerprint density at radius 3 is 2.62 bits per heavy atom. The van der Waals surface area contributed by atoms with E-state index in [0.717, 1.165) is 17.5 Å². The summed E-state index contributed by atoms with van der Waals surface area (Å²) in [5.74, 6) is -0.0745. The normalized spacial score (nSPS) is 13.8. The molecule has 2 unspecified atom stereocenters. The van der Waals surface area contributed by atoms with Crippen LogP contribution in [0.1, 0.15) is 30.6 Å². The van der Waals surface area contributed by atoms with Gasteiger partial charge in [0.25, 0.3) is 0 Å². The Bertz CT molecular complexity index is 617. The Balaban J connectivity index is 2.30. The van der Waals surface area contributed by atoms with E-state index in [1.807, 2.05) is 38.1 Å². The van der Waals surface area contributed by atoms with Crippen LogP contribution >= 0.6 is 11.6 Å². The molecule has 0 aliphatic carbocycles. The standard InChI is InChI=1S/C17H19ClFNO/c1-3-16(20)17(12-6-4-5-11(2)9-12)21-13-7-8-14(18)15(19)10-13/h4-10,16-17H,3,20H2,1-2H3. The molecule has 112 valence electrons. The van der Waals surface area contributed by atoms with Crippen molar-refractivity contribution in [3.05, 3.63) is 64.4 Å². The van der Waals surface area contributed by atoms with Crippen LogP contribution in [0.25, 0.3) is 0 Å². The molecule has 2 N–H and O–H groups in total. The summed E-state index contributed by atoms with van der Waals surface area (Å²) in [7, 11) is 0. The first-order chi connectivity index (χ1) is 10.0. The van der Waals surface area contributed by atoms with Crippen molar-refractivity contribution < 1.29 is 9.13 Å². The Morgan fingerprint density at radius 1 is 1.24 bits per heavy atom. The summed E-state index contributed by atoms with van der Waals surface area (Å²) in [6.45, 7) is 4.01. The van der Waals surface area contributed by atoms with Crippen LogP contribution in [0.5, 0.6) is 5.75 Å². The number of hydrogen-bond donors (Lipinski definition) is 1. The molecular weight excluding hydrogens is 289 g/mol. The number of hydrogen-bond acceptors (Lipinski definition) is 2. The second-order valence-corrected chi connectivity index (χ2v) is 5.51. The highest BCUT2D eigenvalue weighted by Crippen LogP contribution is 2.28. The molecule has 2 rings (SSSR count). The van der Waals surface area contributed by atoms with Gasteiger partial charge in [0.2, 0.25) is 0 Å². The molecule has 0 aliphatic heterocycles. The molecule has 4 heteroatoms. The molecule has 0 heterocycles. The Hall–Kier alpha value is -1.58. The number of nitrogens with two attached hydrogens (primary N) is 1. The minimum atomic E-state index is -0.498. The van der Waals surface area contributed by atoms with Crippen LogP contribution < -0.4 is 10.5 Å². The molecular formula is C17H19ClFNO. The molecule has 2 aromatic rings. The van der Waals surface area contributed by atoms with Crippen molar-refractivity contribution in [1.82, 2.24) is 0 Å². The third-order valence-corrected chi connectivity index (χ3v) is 3.69. The highest BCUT2D eigenvalue weighted by atomic mass is 35.5. The van der Waals surface area contributed by atoms with E-state index in [9.17, 15) is 4.39 Å². The third-order valence-electron chi connectivity index (χ3n) is 3.39. The van der Waals surface area contributed by atoms with Crippen LogP contribution in [0, 0.1) is 12.7 Å². The van der Waals surface area contributed by atoms with E-state index in [1.54, 1.807) is 6.07 Å². The fourth-order valence-corrected chi connectivity index (χ4v) is 2.28. The second-order valence-electron chi connectivity index (χ2n) is 5.10. The molecule has 0 saturated heterocycles.